The maximum Gasteiger partial charge on any atom is 0.237 e. The molecule has 1 aliphatic carbocycles. The molecule has 3 heterocycles. The fourth-order valence-electron chi connectivity index (χ4n) is 5.74. The van der Waals surface area contributed by atoms with E-state index in [4.69, 9.17) is 4.84 Å². The minimum absolute atomic E-state index is 0.0605. The van der Waals surface area contributed by atoms with Crippen molar-refractivity contribution >= 4 is 11.8 Å². The van der Waals surface area contributed by atoms with E-state index in [0.29, 0.717) is 31.3 Å². The van der Waals surface area contributed by atoms with E-state index in [-0.39, 0.29) is 36.3 Å². The summed E-state index contributed by atoms with van der Waals surface area (Å²) < 4.78 is 0. The number of amides is 2. The van der Waals surface area contributed by atoms with Gasteiger partial charge in [-0.25, -0.2) is 5.43 Å². The number of hydroxylamine groups is 1. The Morgan fingerprint density at radius 2 is 2.06 bits per heavy atom. The van der Waals surface area contributed by atoms with Crippen LogP contribution in [0.2, 0.25) is 0 Å². The van der Waals surface area contributed by atoms with Crippen LogP contribution in [0.3, 0.4) is 0 Å². The third-order valence-corrected chi connectivity index (χ3v) is 7.52. The van der Waals surface area contributed by atoms with Gasteiger partial charge in [-0.3, -0.25) is 30.1 Å². The van der Waals surface area contributed by atoms with Gasteiger partial charge in [0, 0.05) is 30.8 Å². The number of hydrazine groups is 1. The van der Waals surface area contributed by atoms with E-state index >= 15 is 0 Å². The Balaban J connectivity index is 1.06. The first-order valence-electron chi connectivity index (χ1n) is 12.6. The van der Waals surface area contributed by atoms with Crippen LogP contribution in [0.1, 0.15) is 64.7 Å². The molecule has 4 aliphatic rings. The van der Waals surface area contributed by atoms with E-state index < -0.39 is 0 Å². The van der Waals surface area contributed by atoms with Crippen molar-refractivity contribution in [2.24, 2.45) is 11.8 Å². The second-order valence-corrected chi connectivity index (χ2v) is 9.57. The predicted octanol–water partition coefficient (Wildman–Crippen LogP) is -0.110. The van der Waals surface area contributed by atoms with Crippen LogP contribution < -0.4 is 32.3 Å². The highest BCUT2D eigenvalue weighted by Crippen LogP contribution is 2.33. The van der Waals surface area contributed by atoms with E-state index in [1.165, 1.54) is 19.3 Å². The maximum atomic E-state index is 12.2. The number of nitrogens with zero attached hydrogens (tertiary/aromatic N) is 1. The molecule has 3 saturated heterocycles. The first-order chi connectivity index (χ1) is 15.7. The van der Waals surface area contributed by atoms with Crippen LogP contribution in [0, 0.1) is 11.8 Å². The number of hydrogen-bond acceptors (Lipinski definition) is 8. The van der Waals surface area contributed by atoms with Gasteiger partial charge in [0.2, 0.25) is 11.8 Å². The Morgan fingerprint density at radius 1 is 1.19 bits per heavy atom. The van der Waals surface area contributed by atoms with E-state index in [1.807, 2.05) is 0 Å². The van der Waals surface area contributed by atoms with Crippen LogP contribution in [-0.4, -0.2) is 67.5 Å². The van der Waals surface area contributed by atoms with Crippen molar-refractivity contribution in [2.75, 3.05) is 26.2 Å². The zero-order valence-electron chi connectivity index (χ0n) is 19.3. The molecule has 10 nitrogen and oxygen atoms in total. The first kappa shape index (κ1) is 23.8. The molecule has 0 aromatic rings. The average Bonchev–Trinajstić information content (AvgIpc) is 3.48. The van der Waals surface area contributed by atoms with Gasteiger partial charge in [-0.2, -0.15) is 5.48 Å². The zero-order valence-corrected chi connectivity index (χ0v) is 19.3. The molecule has 2 amide bonds. The molecule has 0 radical (unpaired) electrons. The third kappa shape index (κ3) is 5.98. The van der Waals surface area contributed by atoms with Gasteiger partial charge < -0.3 is 10.6 Å². The maximum absolute atomic E-state index is 12.2. The minimum Gasteiger partial charge on any atom is -0.356 e. The lowest BCUT2D eigenvalue weighted by molar-refractivity contribution is -0.134. The number of hydrogen-bond donors (Lipinski definition) is 6. The van der Waals surface area contributed by atoms with Gasteiger partial charge >= 0.3 is 0 Å². The first-order valence-corrected chi connectivity index (χ1v) is 12.6. The second-order valence-electron chi connectivity index (χ2n) is 9.57. The van der Waals surface area contributed by atoms with Gasteiger partial charge in [-0.05, 0) is 58.2 Å². The summed E-state index contributed by atoms with van der Waals surface area (Å²) in [6, 6.07) is 0.460. The Morgan fingerprint density at radius 3 is 2.94 bits per heavy atom. The van der Waals surface area contributed by atoms with E-state index in [0.717, 1.165) is 45.3 Å². The highest BCUT2D eigenvalue weighted by Gasteiger charge is 2.39. The van der Waals surface area contributed by atoms with Crippen molar-refractivity contribution < 1.29 is 14.4 Å². The Labute approximate surface area is 191 Å². The van der Waals surface area contributed by atoms with Crippen molar-refractivity contribution in [3.8, 4) is 0 Å². The molecule has 6 unspecified atom stereocenters. The summed E-state index contributed by atoms with van der Waals surface area (Å²) in [7, 11) is 0. The van der Waals surface area contributed by atoms with Gasteiger partial charge in [0.1, 0.15) is 6.23 Å². The summed E-state index contributed by atoms with van der Waals surface area (Å²) in [4.78, 5) is 32.4. The minimum atomic E-state index is -0.122. The number of rotatable bonds is 10. The van der Waals surface area contributed by atoms with Gasteiger partial charge in [-0.1, -0.05) is 19.8 Å². The summed E-state index contributed by atoms with van der Waals surface area (Å²) in [5.41, 5.74) is 9.06. The molecular weight excluding hydrogens is 410 g/mol. The molecular formula is C22H41N7O3. The van der Waals surface area contributed by atoms with E-state index in [2.05, 4.69) is 44.1 Å². The lowest BCUT2D eigenvalue weighted by atomic mass is 9.76. The normalized spacial score (nSPS) is 35.5. The number of carbonyl (C=O) groups excluding carboxylic acids is 2. The molecule has 0 spiro atoms. The molecule has 0 bridgehead atoms. The molecule has 6 N–H and O–H groups in total. The Hall–Kier alpha value is -1.30. The van der Waals surface area contributed by atoms with Gasteiger partial charge in [0.15, 0.2) is 0 Å². The highest BCUT2D eigenvalue weighted by molar-refractivity contribution is 5.79. The van der Waals surface area contributed by atoms with Gasteiger partial charge in [0.05, 0.1) is 12.3 Å². The second kappa shape index (κ2) is 11.7. The smallest absolute Gasteiger partial charge is 0.237 e. The predicted molar refractivity (Wildman–Crippen MR) is 121 cm³/mol. The van der Waals surface area contributed by atoms with Crippen molar-refractivity contribution in [1.29, 1.82) is 0 Å². The quantitative estimate of drug-likeness (QED) is 0.255. The Bertz CT molecular complexity index is 637. The molecule has 10 heteroatoms. The number of nitrogens with one attached hydrogen (secondary N) is 6. The summed E-state index contributed by atoms with van der Waals surface area (Å²) in [6.45, 7) is 5.84. The lowest BCUT2D eigenvalue weighted by Gasteiger charge is -2.41. The van der Waals surface area contributed by atoms with Gasteiger partial charge in [0.25, 0.3) is 0 Å². The van der Waals surface area contributed by atoms with Crippen LogP contribution in [0.4, 0.5) is 0 Å². The summed E-state index contributed by atoms with van der Waals surface area (Å²) in [5.74, 6) is 0.678. The molecule has 6 atom stereocenters. The number of likely N-dealkylation sites (tertiary alicyclic amines) is 1. The molecule has 32 heavy (non-hydrogen) atoms. The molecule has 0 aromatic carbocycles. The van der Waals surface area contributed by atoms with Crippen LogP contribution >= 0.6 is 0 Å². The Kier molecular flexibility index (Phi) is 8.73. The summed E-state index contributed by atoms with van der Waals surface area (Å²) in [6.07, 6.45) is 8.89. The van der Waals surface area contributed by atoms with Crippen molar-refractivity contribution in [2.45, 2.75) is 89.3 Å². The highest BCUT2D eigenvalue weighted by atomic mass is 16.7. The zero-order chi connectivity index (χ0) is 22.3. The number of likely N-dealkylation sites (N-methyl/N-ethyl adjacent to an activating group) is 1. The molecule has 1 saturated carbocycles. The summed E-state index contributed by atoms with van der Waals surface area (Å²) in [5, 5.41) is 10.0. The van der Waals surface area contributed by atoms with Crippen molar-refractivity contribution in [3.63, 3.8) is 0 Å². The molecule has 0 aromatic heterocycles. The molecule has 182 valence electrons. The monoisotopic (exact) mass is 451 g/mol. The lowest BCUT2D eigenvalue weighted by Crippen LogP contribution is -2.64. The molecule has 3 aliphatic heterocycles. The van der Waals surface area contributed by atoms with Crippen LogP contribution in [-0.2, 0) is 14.4 Å². The standard InChI is InChI=1S/C22H41N7O3/c1-2-29-14-5-9-17(29)21-25-19(32-28-21)11-10-18(30)23-12-6-13-24-20-15-7-3-4-8-16(15)22(31)27-26-20/h15-17,19-21,24-26,28H,2-14H2,1H3,(H,23,30)(H,27,31). The average molecular weight is 452 g/mol. The number of fused-ring (bicyclic) bond motifs is 1. The fourth-order valence-corrected chi connectivity index (χ4v) is 5.74. The largest absolute Gasteiger partial charge is 0.356 e. The van der Waals surface area contributed by atoms with Crippen LogP contribution in [0.15, 0.2) is 0 Å². The number of carbonyl (C=O) groups is 2. The topological polar surface area (TPSA) is 119 Å². The van der Waals surface area contributed by atoms with E-state index in [1.54, 1.807) is 0 Å². The van der Waals surface area contributed by atoms with Crippen molar-refractivity contribution in [1.82, 2.24) is 37.2 Å². The molecule has 4 fully saturated rings. The third-order valence-electron chi connectivity index (χ3n) is 7.52. The SMILES string of the molecule is CCN1CCCC1C1NOC(CCC(=O)NCCCNC2NNC(=O)C3CCCCC23)N1. The molecule has 4 rings (SSSR count). The van der Waals surface area contributed by atoms with Crippen LogP contribution in [0.25, 0.3) is 0 Å². The van der Waals surface area contributed by atoms with Gasteiger partial charge in [-0.15, -0.1) is 0 Å². The summed E-state index contributed by atoms with van der Waals surface area (Å²) >= 11 is 0. The van der Waals surface area contributed by atoms with Crippen molar-refractivity contribution in [3.05, 3.63) is 0 Å². The van der Waals surface area contributed by atoms with Crippen LogP contribution in [0.5, 0.6) is 0 Å². The van der Waals surface area contributed by atoms with E-state index in [9.17, 15) is 9.59 Å². The fraction of sp³-hybridized carbons (Fsp3) is 0.909.